The van der Waals surface area contributed by atoms with Crippen molar-refractivity contribution in [2.45, 2.75) is 74.7 Å². The van der Waals surface area contributed by atoms with Gasteiger partial charge in [-0.25, -0.2) is 0 Å². The van der Waals surface area contributed by atoms with E-state index in [2.05, 4.69) is 41.5 Å². The Morgan fingerprint density at radius 1 is 0.960 bits per heavy atom. The van der Waals surface area contributed by atoms with Crippen molar-refractivity contribution >= 4 is 11.8 Å². The highest BCUT2D eigenvalue weighted by atomic mass is 16.5. The van der Waals surface area contributed by atoms with Crippen molar-refractivity contribution < 1.29 is 18.8 Å². The first-order valence-corrected chi connectivity index (χ1v) is 9.55. The Hall–Kier alpha value is -0.900. The Kier molecular flexibility index (Phi) is 8.35. The summed E-state index contributed by atoms with van der Waals surface area (Å²) in [4.78, 5) is 24.8. The minimum atomic E-state index is -0.541. The maximum atomic E-state index is 12.9. The Bertz CT molecular complexity index is 455. The topological polar surface area (TPSA) is 43.4 Å². The average molecular weight is 357 g/mol. The minimum absolute atomic E-state index is 0.0446. The Labute approximate surface area is 155 Å². The largest absolute Gasteiger partial charge is 0.459 e. The number of esters is 1. The molecule has 0 radical (unpaired) electrons. The highest BCUT2D eigenvalue weighted by Gasteiger charge is 2.47. The first-order chi connectivity index (χ1) is 11.0. The number of hydrogen-bond donors (Lipinski definition) is 0. The van der Waals surface area contributed by atoms with Crippen LogP contribution in [0.5, 0.6) is 0 Å². The van der Waals surface area contributed by atoms with E-state index in [-0.39, 0.29) is 22.6 Å². The van der Waals surface area contributed by atoms with E-state index < -0.39 is 5.41 Å². The summed E-state index contributed by atoms with van der Waals surface area (Å²) in [5, 5.41) is 0. The monoisotopic (exact) mass is 356 g/mol. The third-order valence-corrected chi connectivity index (χ3v) is 5.05. The van der Waals surface area contributed by atoms with Crippen LogP contribution in [0, 0.1) is 16.2 Å². The molecule has 148 valence electrons. The van der Waals surface area contributed by atoms with Crippen LogP contribution in [0.4, 0.5) is 0 Å². The molecule has 0 aromatic rings. The second-order valence-corrected chi connectivity index (χ2v) is 10.6. The normalized spacial score (nSPS) is 15.6. The molecule has 0 amide bonds. The van der Waals surface area contributed by atoms with Crippen molar-refractivity contribution in [2.24, 2.45) is 16.2 Å². The summed E-state index contributed by atoms with van der Waals surface area (Å²) < 4.78 is 6.24. The molecule has 0 N–H and O–H groups in total. The van der Waals surface area contributed by atoms with Gasteiger partial charge in [-0.2, -0.15) is 0 Å². The average Bonchev–Trinajstić information content (AvgIpc) is 2.34. The lowest BCUT2D eigenvalue weighted by Gasteiger charge is -2.43. The van der Waals surface area contributed by atoms with Gasteiger partial charge in [0.15, 0.2) is 5.78 Å². The second kappa shape index (κ2) is 8.66. The van der Waals surface area contributed by atoms with Crippen LogP contribution in [0.15, 0.2) is 0 Å². The molecule has 0 saturated heterocycles. The third-order valence-electron chi connectivity index (χ3n) is 5.05. The summed E-state index contributed by atoms with van der Waals surface area (Å²) >= 11 is 0. The number of likely N-dealkylation sites (N-methyl/N-ethyl adjacent to an activating group) is 1. The Balaban J connectivity index is 4.86. The number of carbonyl (C=O) groups excluding carboxylic acids is 2. The van der Waals surface area contributed by atoms with Crippen LogP contribution in [-0.4, -0.2) is 50.0 Å². The third kappa shape index (κ3) is 8.35. The summed E-state index contributed by atoms with van der Waals surface area (Å²) in [7, 11) is 4.03. The SMILES string of the molecule is CCCC(=O)C[N+](C)(C)CCOC(=O)C(C)(CC(C)(C)C)C(C)(C)C. The van der Waals surface area contributed by atoms with Crippen LogP contribution in [0.1, 0.15) is 74.7 Å². The van der Waals surface area contributed by atoms with Crippen molar-refractivity contribution in [1.29, 1.82) is 0 Å². The van der Waals surface area contributed by atoms with Gasteiger partial charge in [0.05, 0.1) is 19.5 Å². The van der Waals surface area contributed by atoms with E-state index in [1.54, 1.807) is 0 Å². The fourth-order valence-corrected chi connectivity index (χ4v) is 3.16. The first kappa shape index (κ1) is 24.1. The minimum Gasteiger partial charge on any atom is -0.459 e. The zero-order valence-corrected chi connectivity index (χ0v) is 18.4. The van der Waals surface area contributed by atoms with Crippen LogP contribution in [0.25, 0.3) is 0 Å². The van der Waals surface area contributed by atoms with Gasteiger partial charge in [-0.3, -0.25) is 9.59 Å². The Morgan fingerprint density at radius 3 is 1.88 bits per heavy atom. The zero-order chi connectivity index (χ0) is 20.1. The fraction of sp³-hybridized carbons (Fsp3) is 0.905. The maximum absolute atomic E-state index is 12.9. The summed E-state index contributed by atoms with van der Waals surface area (Å²) in [6, 6.07) is 0. The molecule has 25 heavy (non-hydrogen) atoms. The van der Waals surface area contributed by atoms with E-state index in [0.717, 1.165) is 12.8 Å². The summed E-state index contributed by atoms with van der Waals surface area (Å²) in [6.45, 7) is 18.3. The van der Waals surface area contributed by atoms with E-state index in [9.17, 15) is 9.59 Å². The van der Waals surface area contributed by atoms with Gasteiger partial charge in [0, 0.05) is 6.42 Å². The number of hydrogen-bond acceptors (Lipinski definition) is 3. The number of Topliss-reactive ketones (excluding diaryl/α,β-unsaturated/α-hetero) is 1. The van der Waals surface area contributed by atoms with Gasteiger partial charge in [0.1, 0.15) is 19.7 Å². The van der Waals surface area contributed by atoms with Gasteiger partial charge in [0.25, 0.3) is 0 Å². The molecule has 0 spiro atoms. The lowest BCUT2D eigenvalue weighted by Crippen LogP contribution is -2.48. The van der Waals surface area contributed by atoms with Gasteiger partial charge >= 0.3 is 5.97 Å². The van der Waals surface area contributed by atoms with Crippen molar-refractivity contribution in [1.82, 2.24) is 0 Å². The predicted molar refractivity (Wildman–Crippen MR) is 104 cm³/mol. The molecule has 0 fully saturated rings. The van der Waals surface area contributed by atoms with Crippen LogP contribution >= 0.6 is 0 Å². The second-order valence-electron chi connectivity index (χ2n) is 10.6. The molecule has 4 heteroatoms. The van der Waals surface area contributed by atoms with E-state index in [4.69, 9.17) is 4.74 Å². The predicted octanol–water partition coefficient (Wildman–Crippen LogP) is 4.46. The van der Waals surface area contributed by atoms with E-state index in [1.165, 1.54) is 0 Å². The first-order valence-electron chi connectivity index (χ1n) is 9.55. The molecule has 4 nitrogen and oxygen atoms in total. The lowest BCUT2D eigenvalue weighted by atomic mass is 9.61. The number of quaternary nitrogens is 1. The van der Waals surface area contributed by atoms with Gasteiger partial charge in [-0.05, 0) is 30.6 Å². The number of rotatable bonds is 9. The van der Waals surface area contributed by atoms with Crippen LogP contribution < -0.4 is 0 Å². The van der Waals surface area contributed by atoms with Crippen LogP contribution in [0.3, 0.4) is 0 Å². The van der Waals surface area contributed by atoms with E-state index in [0.29, 0.717) is 30.6 Å². The summed E-state index contributed by atoms with van der Waals surface area (Å²) in [6.07, 6.45) is 2.27. The highest BCUT2D eigenvalue weighted by molar-refractivity contribution is 5.79. The van der Waals surface area contributed by atoms with Crippen molar-refractivity contribution in [2.75, 3.05) is 33.8 Å². The van der Waals surface area contributed by atoms with E-state index in [1.807, 2.05) is 27.9 Å². The molecule has 0 bridgehead atoms. The van der Waals surface area contributed by atoms with E-state index >= 15 is 0 Å². The molecular weight excluding hydrogens is 314 g/mol. The zero-order valence-electron chi connectivity index (χ0n) is 18.4. The number of ketones is 1. The lowest BCUT2D eigenvalue weighted by molar-refractivity contribution is -0.882. The van der Waals surface area contributed by atoms with Gasteiger partial charge < -0.3 is 9.22 Å². The van der Waals surface area contributed by atoms with Crippen LogP contribution in [0.2, 0.25) is 0 Å². The molecular formula is C21H42NO3+. The standard InChI is InChI=1S/C21H42NO3/c1-11-12-17(23)15-22(9,10)13-14-25-18(24)21(8,20(5,6)7)16-19(2,3)4/h11-16H2,1-10H3/q+1. The summed E-state index contributed by atoms with van der Waals surface area (Å²) in [5.41, 5.74) is -0.678. The number of ether oxygens (including phenoxy) is 1. The van der Waals surface area contributed by atoms with Crippen molar-refractivity contribution in [3.05, 3.63) is 0 Å². The molecule has 0 heterocycles. The molecule has 0 saturated carbocycles. The Morgan fingerprint density at radius 2 is 1.48 bits per heavy atom. The number of carbonyl (C=O) groups is 2. The smallest absolute Gasteiger partial charge is 0.312 e. The molecule has 0 aliphatic rings. The molecule has 0 aliphatic heterocycles. The fourth-order valence-electron chi connectivity index (χ4n) is 3.16. The quantitative estimate of drug-likeness (QED) is 0.452. The van der Waals surface area contributed by atoms with Gasteiger partial charge in [0.2, 0.25) is 0 Å². The van der Waals surface area contributed by atoms with Crippen molar-refractivity contribution in [3.63, 3.8) is 0 Å². The molecule has 0 aromatic heterocycles. The molecule has 0 aromatic carbocycles. The van der Waals surface area contributed by atoms with Gasteiger partial charge in [-0.1, -0.05) is 48.5 Å². The molecule has 1 atom stereocenters. The van der Waals surface area contributed by atoms with Gasteiger partial charge in [-0.15, -0.1) is 0 Å². The maximum Gasteiger partial charge on any atom is 0.312 e. The highest BCUT2D eigenvalue weighted by Crippen LogP contribution is 2.47. The molecule has 0 aliphatic carbocycles. The van der Waals surface area contributed by atoms with Crippen LogP contribution in [-0.2, 0) is 14.3 Å². The molecule has 1 unspecified atom stereocenters. The molecule has 0 rings (SSSR count). The number of nitrogens with zero attached hydrogens (tertiary/aromatic N) is 1. The summed E-state index contributed by atoms with van der Waals surface area (Å²) in [5.74, 6) is 0.140. The van der Waals surface area contributed by atoms with Crippen molar-refractivity contribution in [3.8, 4) is 0 Å².